The van der Waals surface area contributed by atoms with Gasteiger partial charge < -0.3 is 19.8 Å². The molecule has 0 bridgehead atoms. The number of nitrogens with zero attached hydrogens (tertiary/aromatic N) is 1. The molecule has 1 aliphatic heterocycles. The first kappa shape index (κ1) is 32.2. The molecular formula is C29H31F3N4O5S3. The van der Waals surface area contributed by atoms with Crippen LogP contribution in [0.3, 0.4) is 0 Å². The number of ether oxygens (including phenoxy) is 2. The van der Waals surface area contributed by atoms with Crippen molar-refractivity contribution >= 4 is 55.6 Å². The number of fused-ring (bicyclic) bond motifs is 1. The first-order valence-corrected chi connectivity index (χ1v) is 17.1. The molecule has 1 amide bonds. The van der Waals surface area contributed by atoms with Crippen LogP contribution in [-0.4, -0.2) is 75.2 Å². The maximum Gasteiger partial charge on any atom is 0.573 e. The summed E-state index contributed by atoms with van der Waals surface area (Å²) in [6.07, 6.45) is -5.00. The second-order valence-corrected chi connectivity index (χ2v) is 14.3. The molecule has 5 rings (SSSR count). The number of morpholine rings is 1. The molecule has 2 aromatic heterocycles. The zero-order valence-corrected chi connectivity index (χ0v) is 26.1. The summed E-state index contributed by atoms with van der Waals surface area (Å²) in [5.74, 6) is -0.345. The number of nitrogens with one attached hydrogen (secondary N) is 3. The van der Waals surface area contributed by atoms with E-state index in [0.717, 1.165) is 54.4 Å². The molecular weight excluding hydrogens is 638 g/mol. The van der Waals surface area contributed by atoms with Crippen molar-refractivity contribution in [3.8, 4) is 5.75 Å². The Morgan fingerprint density at radius 1 is 1.16 bits per heavy atom. The van der Waals surface area contributed by atoms with Gasteiger partial charge >= 0.3 is 6.36 Å². The Bertz CT molecular complexity index is 1690. The lowest BCUT2D eigenvalue weighted by Gasteiger charge is -2.30. The number of carbonyl (C=O) groups excluding carboxylic acids is 1. The maximum atomic E-state index is 13.3. The molecule has 3 heterocycles. The summed E-state index contributed by atoms with van der Waals surface area (Å²) in [5.41, 5.74) is 1.68. The third-order valence-corrected chi connectivity index (χ3v) is 11.2. The first-order valence-electron chi connectivity index (χ1n) is 13.7. The van der Waals surface area contributed by atoms with E-state index in [0.29, 0.717) is 25.3 Å². The normalized spacial score (nSPS) is 15.3. The van der Waals surface area contributed by atoms with Crippen molar-refractivity contribution in [2.75, 3.05) is 44.1 Å². The fourth-order valence-electron chi connectivity index (χ4n) is 4.78. The number of aryl methyl sites for hydroxylation is 1. The molecule has 0 radical (unpaired) electrons. The van der Waals surface area contributed by atoms with Crippen molar-refractivity contribution < 1.29 is 35.9 Å². The molecule has 2 aromatic carbocycles. The number of H-pyrrole nitrogens is 1. The van der Waals surface area contributed by atoms with Crippen molar-refractivity contribution in [2.45, 2.75) is 28.5 Å². The van der Waals surface area contributed by atoms with E-state index >= 15 is 0 Å². The van der Waals surface area contributed by atoms with Crippen molar-refractivity contribution in [1.82, 2.24) is 15.2 Å². The van der Waals surface area contributed by atoms with E-state index in [1.54, 1.807) is 30.1 Å². The number of thioether (sulfide) groups is 1. The third kappa shape index (κ3) is 8.47. The van der Waals surface area contributed by atoms with Gasteiger partial charge in [0.15, 0.2) is 0 Å². The Labute approximate surface area is 261 Å². The van der Waals surface area contributed by atoms with Gasteiger partial charge in [0.1, 0.15) is 15.7 Å². The monoisotopic (exact) mass is 668 g/mol. The van der Waals surface area contributed by atoms with Crippen molar-refractivity contribution in [3.05, 3.63) is 76.8 Å². The number of aromatic amines is 1. The van der Waals surface area contributed by atoms with Crippen LogP contribution in [0, 0.1) is 6.92 Å². The summed E-state index contributed by atoms with van der Waals surface area (Å²) in [6.45, 7) is 5.58. The number of sulfonamides is 1. The van der Waals surface area contributed by atoms with E-state index in [2.05, 4.69) is 24.7 Å². The second-order valence-electron chi connectivity index (χ2n) is 10.2. The minimum absolute atomic E-state index is 0.0247. The maximum absolute atomic E-state index is 13.3. The number of carbonyl (C=O) groups is 1. The summed E-state index contributed by atoms with van der Waals surface area (Å²) in [5, 5.41) is 4.75. The number of amides is 1. The molecule has 1 atom stereocenters. The molecule has 1 saturated heterocycles. The highest BCUT2D eigenvalue weighted by Crippen LogP contribution is 2.35. The van der Waals surface area contributed by atoms with Crippen LogP contribution >= 0.6 is 23.1 Å². The van der Waals surface area contributed by atoms with E-state index in [9.17, 15) is 26.4 Å². The van der Waals surface area contributed by atoms with Gasteiger partial charge in [0.25, 0.3) is 15.9 Å². The number of benzene rings is 2. The average Bonchev–Trinajstić information content (AvgIpc) is 3.61. The molecule has 0 saturated carbocycles. The van der Waals surface area contributed by atoms with Gasteiger partial charge in [-0.3, -0.25) is 14.4 Å². The average molecular weight is 669 g/mol. The van der Waals surface area contributed by atoms with E-state index in [-0.39, 0.29) is 31.7 Å². The zero-order valence-electron chi connectivity index (χ0n) is 23.6. The van der Waals surface area contributed by atoms with Gasteiger partial charge in [-0.05, 0) is 41.6 Å². The number of alkyl halides is 3. The van der Waals surface area contributed by atoms with Gasteiger partial charge in [-0.15, -0.1) is 24.5 Å². The number of anilines is 1. The standard InChI is InChI=1S/C29H31F3N4O5S3/c1-19-7-12-42-28(19)44(38,39)35-24-15-22(41-29(30,31)32)13-21-14-25(34-26(21)24)27(37)33-16-23(17-36-8-10-40-11-9-36)43-18-20-5-3-2-4-6-20/h2-7,12-15,23,34-35H,8-11,16-18H2,1H3,(H,33,37). The molecule has 44 heavy (non-hydrogen) atoms. The minimum Gasteiger partial charge on any atom is -0.406 e. The third-order valence-electron chi connectivity index (χ3n) is 6.87. The summed E-state index contributed by atoms with van der Waals surface area (Å²) < 4.78 is 77.4. The fraction of sp³-hybridized carbons (Fsp3) is 0.345. The highest BCUT2D eigenvalue weighted by molar-refractivity contribution is 7.99. The van der Waals surface area contributed by atoms with Crippen molar-refractivity contribution in [1.29, 1.82) is 0 Å². The fourth-order valence-corrected chi connectivity index (χ4v) is 8.40. The van der Waals surface area contributed by atoms with E-state index in [1.165, 1.54) is 6.07 Å². The molecule has 1 fully saturated rings. The highest BCUT2D eigenvalue weighted by Gasteiger charge is 2.32. The number of hydrogen-bond donors (Lipinski definition) is 3. The number of aromatic nitrogens is 1. The zero-order chi connectivity index (χ0) is 31.3. The number of halogens is 3. The van der Waals surface area contributed by atoms with Crippen molar-refractivity contribution in [3.63, 3.8) is 0 Å². The van der Waals surface area contributed by atoms with Crippen LogP contribution < -0.4 is 14.8 Å². The molecule has 3 N–H and O–H groups in total. The van der Waals surface area contributed by atoms with Crippen LogP contribution in [0.25, 0.3) is 10.9 Å². The lowest BCUT2D eigenvalue weighted by Crippen LogP contribution is -2.43. The molecule has 1 unspecified atom stereocenters. The Morgan fingerprint density at radius 2 is 1.91 bits per heavy atom. The van der Waals surface area contributed by atoms with Crippen LogP contribution in [0.5, 0.6) is 5.75 Å². The quantitative estimate of drug-likeness (QED) is 0.180. The summed E-state index contributed by atoms with van der Waals surface area (Å²) >= 11 is 2.70. The van der Waals surface area contributed by atoms with E-state index in [1.807, 2.05) is 30.3 Å². The molecule has 0 spiro atoms. The summed E-state index contributed by atoms with van der Waals surface area (Å²) in [7, 11) is -4.13. The summed E-state index contributed by atoms with van der Waals surface area (Å²) in [4.78, 5) is 18.5. The van der Waals surface area contributed by atoms with Crippen LogP contribution in [0.1, 0.15) is 21.6 Å². The summed E-state index contributed by atoms with van der Waals surface area (Å²) in [6, 6.07) is 15.0. The number of hydrogen-bond acceptors (Lipinski definition) is 8. The number of rotatable bonds is 12. The predicted molar refractivity (Wildman–Crippen MR) is 166 cm³/mol. The second kappa shape index (κ2) is 13.8. The molecule has 0 aliphatic carbocycles. The van der Waals surface area contributed by atoms with Crippen LogP contribution in [-0.2, 0) is 20.5 Å². The molecule has 236 valence electrons. The van der Waals surface area contributed by atoms with Gasteiger partial charge in [0, 0.05) is 48.6 Å². The Kier molecular flexibility index (Phi) is 10.1. The van der Waals surface area contributed by atoms with Gasteiger partial charge in [0.05, 0.1) is 24.4 Å². The Balaban J connectivity index is 1.36. The van der Waals surface area contributed by atoms with Crippen LogP contribution in [0.15, 0.2) is 64.2 Å². The largest absolute Gasteiger partial charge is 0.573 e. The van der Waals surface area contributed by atoms with Crippen molar-refractivity contribution in [2.24, 2.45) is 0 Å². The molecule has 9 nitrogen and oxygen atoms in total. The lowest BCUT2D eigenvalue weighted by molar-refractivity contribution is -0.274. The van der Waals surface area contributed by atoms with Gasteiger partial charge in [0.2, 0.25) is 0 Å². The molecule has 4 aromatic rings. The SMILES string of the molecule is Cc1ccsc1S(=O)(=O)Nc1cc(OC(F)(F)F)cc2cc(C(=O)NCC(CN3CCOCC3)SCc3ccccc3)[nH]c12. The van der Waals surface area contributed by atoms with Gasteiger partial charge in [-0.25, -0.2) is 8.42 Å². The molecule has 1 aliphatic rings. The predicted octanol–water partition coefficient (Wildman–Crippen LogP) is 5.60. The van der Waals surface area contributed by atoms with Crippen LogP contribution in [0.4, 0.5) is 18.9 Å². The van der Waals surface area contributed by atoms with Gasteiger partial charge in [-0.1, -0.05) is 30.3 Å². The Morgan fingerprint density at radius 3 is 2.59 bits per heavy atom. The number of thiophene rings is 1. The highest BCUT2D eigenvalue weighted by atomic mass is 32.2. The minimum atomic E-state index is -5.00. The Hall–Kier alpha value is -3.24. The van der Waals surface area contributed by atoms with Gasteiger partial charge in [-0.2, -0.15) is 11.8 Å². The smallest absolute Gasteiger partial charge is 0.406 e. The van der Waals surface area contributed by atoms with E-state index in [4.69, 9.17) is 4.74 Å². The van der Waals surface area contributed by atoms with Crippen LogP contribution in [0.2, 0.25) is 0 Å². The van der Waals surface area contributed by atoms with E-state index < -0.39 is 28.0 Å². The first-order chi connectivity index (χ1) is 21.0. The topological polar surface area (TPSA) is 113 Å². The lowest BCUT2D eigenvalue weighted by atomic mass is 10.2. The molecule has 15 heteroatoms.